The number of aromatic hydroxyl groups is 1. The first-order chi connectivity index (χ1) is 8.15. The molecule has 0 bridgehead atoms. The van der Waals surface area contributed by atoms with E-state index in [-0.39, 0.29) is 17.4 Å². The topological polar surface area (TPSA) is 55.8 Å². The number of ether oxygens (including phenoxy) is 2. The van der Waals surface area contributed by atoms with Crippen molar-refractivity contribution in [1.82, 2.24) is 0 Å². The highest BCUT2D eigenvalue weighted by atomic mass is 16.5. The van der Waals surface area contributed by atoms with E-state index in [1.54, 1.807) is 6.07 Å². The molecule has 0 radical (unpaired) electrons. The first-order valence-electron chi connectivity index (χ1n) is 5.76. The van der Waals surface area contributed by atoms with E-state index in [0.29, 0.717) is 12.2 Å². The maximum atomic E-state index is 11.8. The molecule has 0 spiro atoms. The maximum Gasteiger partial charge on any atom is 0.342 e. The monoisotopic (exact) mass is 236 g/mol. The van der Waals surface area contributed by atoms with Crippen LogP contribution in [0, 0.1) is 0 Å². The molecular formula is C13H16O4. The van der Waals surface area contributed by atoms with E-state index >= 15 is 0 Å². The summed E-state index contributed by atoms with van der Waals surface area (Å²) < 4.78 is 10.3. The Hall–Kier alpha value is -1.71. The average Bonchev–Trinajstić information content (AvgIpc) is 2.28. The first-order valence-corrected chi connectivity index (χ1v) is 5.76. The Morgan fingerprint density at radius 2 is 2.29 bits per heavy atom. The number of carbonyl (C=O) groups excluding carboxylic acids is 1. The highest BCUT2D eigenvalue weighted by Crippen LogP contribution is 2.33. The summed E-state index contributed by atoms with van der Waals surface area (Å²) in [6.45, 7) is 2.05. The second kappa shape index (κ2) is 4.65. The Morgan fingerprint density at radius 3 is 2.94 bits per heavy atom. The van der Waals surface area contributed by atoms with Crippen molar-refractivity contribution in [2.45, 2.75) is 32.3 Å². The lowest BCUT2D eigenvalue weighted by Gasteiger charge is -2.25. The third kappa shape index (κ3) is 2.20. The molecule has 1 unspecified atom stereocenters. The lowest BCUT2D eigenvalue weighted by Crippen LogP contribution is -2.27. The van der Waals surface area contributed by atoms with Crippen LogP contribution in [0.4, 0.5) is 0 Å². The van der Waals surface area contributed by atoms with E-state index in [1.807, 2.05) is 6.92 Å². The number of cyclic esters (lactones) is 1. The Morgan fingerprint density at radius 1 is 1.53 bits per heavy atom. The van der Waals surface area contributed by atoms with Gasteiger partial charge in [-0.15, -0.1) is 0 Å². The summed E-state index contributed by atoms with van der Waals surface area (Å²) in [5.41, 5.74) is 1.08. The van der Waals surface area contributed by atoms with Gasteiger partial charge in [-0.1, -0.05) is 13.3 Å². The average molecular weight is 236 g/mol. The molecule has 1 N–H and O–H groups in total. The Bertz CT molecular complexity index is 439. The molecule has 0 fully saturated rings. The van der Waals surface area contributed by atoms with Crippen LogP contribution in [0.15, 0.2) is 12.1 Å². The number of phenolic OH excluding ortho intramolecular Hbond substituents is 1. The number of benzene rings is 1. The van der Waals surface area contributed by atoms with E-state index in [0.717, 1.165) is 18.4 Å². The highest BCUT2D eigenvalue weighted by Gasteiger charge is 2.29. The van der Waals surface area contributed by atoms with Gasteiger partial charge in [0.1, 0.15) is 23.2 Å². The molecule has 2 rings (SSSR count). The zero-order valence-electron chi connectivity index (χ0n) is 10.0. The van der Waals surface area contributed by atoms with Crippen molar-refractivity contribution in [3.63, 3.8) is 0 Å². The van der Waals surface area contributed by atoms with E-state index in [4.69, 9.17) is 9.47 Å². The van der Waals surface area contributed by atoms with Gasteiger partial charge < -0.3 is 14.6 Å². The zero-order chi connectivity index (χ0) is 12.4. The second-order valence-corrected chi connectivity index (χ2v) is 4.20. The molecular weight excluding hydrogens is 220 g/mol. The standard InChI is InChI=1S/C13H16O4/c1-3-4-9-5-8-6-10(16-2)7-11(14)12(8)13(15)17-9/h6-7,9,14H,3-5H2,1-2H3. The summed E-state index contributed by atoms with van der Waals surface area (Å²) in [6, 6.07) is 3.22. The summed E-state index contributed by atoms with van der Waals surface area (Å²) in [5.74, 6) is 0.0513. The molecule has 1 aliphatic heterocycles. The van der Waals surface area contributed by atoms with Crippen LogP contribution < -0.4 is 4.74 Å². The Balaban J connectivity index is 2.38. The van der Waals surface area contributed by atoms with E-state index in [1.165, 1.54) is 13.2 Å². The lowest BCUT2D eigenvalue weighted by atomic mass is 9.95. The Kier molecular flexibility index (Phi) is 3.22. The van der Waals surface area contributed by atoms with Crippen LogP contribution in [-0.4, -0.2) is 24.3 Å². The normalized spacial score (nSPS) is 18.5. The van der Waals surface area contributed by atoms with Gasteiger partial charge >= 0.3 is 5.97 Å². The molecule has 1 aromatic carbocycles. The number of carbonyl (C=O) groups is 1. The smallest absolute Gasteiger partial charge is 0.342 e. The zero-order valence-corrected chi connectivity index (χ0v) is 10.0. The van der Waals surface area contributed by atoms with Gasteiger partial charge in [-0.05, 0) is 18.1 Å². The van der Waals surface area contributed by atoms with Crippen LogP contribution in [0.3, 0.4) is 0 Å². The molecule has 92 valence electrons. The minimum atomic E-state index is -0.440. The summed E-state index contributed by atoms with van der Waals surface area (Å²) >= 11 is 0. The van der Waals surface area contributed by atoms with Crippen LogP contribution in [0.25, 0.3) is 0 Å². The minimum Gasteiger partial charge on any atom is -0.507 e. The van der Waals surface area contributed by atoms with Gasteiger partial charge in [-0.2, -0.15) is 0 Å². The third-order valence-corrected chi connectivity index (χ3v) is 2.94. The van der Waals surface area contributed by atoms with Crippen LogP contribution in [0.5, 0.6) is 11.5 Å². The van der Waals surface area contributed by atoms with Crippen molar-refractivity contribution >= 4 is 5.97 Å². The van der Waals surface area contributed by atoms with Crippen LogP contribution >= 0.6 is 0 Å². The molecule has 0 saturated heterocycles. The quantitative estimate of drug-likeness (QED) is 0.818. The number of esters is 1. The fraction of sp³-hybridized carbons (Fsp3) is 0.462. The SMILES string of the molecule is CCCC1Cc2cc(OC)cc(O)c2C(=O)O1. The minimum absolute atomic E-state index is 0.0701. The van der Waals surface area contributed by atoms with Crippen molar-refractivity contribution in [1.29, 1.82) is 0 Å². The van der Waals surface area contributed by atoms with Crippen molar-refractivity contribution in [3.05, 3.63) is 23.3 Å². The van der Waals surface area contributed by atoms with Gasteiger partial charge in [0.15, 0.2) is 0 Å². The third-order valence-electron chi connectivity index (χ3n) is 2.94. The van der Waals surface area contributed by atoms with Crippen molar-refractivity contribution in [2.24, 2.45) is 0 Å². The van der Waals surface area contributed by atoms with Crippen molar-refractivity contribution in [2.75, 3.05) is 7.11 Å². The maximum absolute atomic E-state index is 11.8. The number of fused-ring (bicyclic) bond motifs is 1. The summed E-state index contributed by atoms with van der Waals surface area (Å²) in [7, 11) is 1.53. The number of hydrogen-bond acceptors (Lipinski definition) is 4. The molecule has 4 heteroatoms. The fourth-order valence-corrected chi connectivity index (χ4v) is 2.15. The summed E-state index contributed by atoms with van der Waals surface area (Å²) in [5, 5.41) is 9.77. The predicted molar refractivity (Wildman–Crippen MR) is 62.5 cm³/mol. The van der Waals surface area contributed by atoms with Gasteiger partial charge in [0, 0.05) is 12.5 Å². The first kappa shape index (κ1) is 11.8. The molecule has 17 heavy (non-hydrogen) atoms. The van der Waals surface area contributed by atoms with E-state index in [2.05, 4.69) is 0 Å². The molecule has 0 amide bonds. The van der Waals surface area contributed by atoms with Gasteiger partial charge in [0.25, 0.3) is 0 Å². The number of methoxy groups -OCH3 is 1. The van der Waals surface area contributed by atoms with Gasteiger partial charge in [-0.25, -0.2) is 4.79 Å². The predicted octanol–water partition coefficient (Wildman–Crippen LogP) is 2.28. The van der Waals surface area contributed by atoms with Crippen LogP contribution in [-0.2, 0) is 11.2 Å². The summed E-state index contributed by atoms with van der Waals surface area (Å²) in [6.07, 6.45) is 2.35. The summed E-state index contributed by atoms with van der Waals surface area (Å²) in [4.78, 5) is 11.8. The number of phenols is 1. The van der Waals surface area contributed by atoms with Gasteiger partial charge in [-0.3, -0.25) is 0 Å². The molecule has 0 aliphatic carbocycles. The number of hydrogen-bond donors (Lipinski definition) is 1. The highest BCUT2D eigenvalue weighted by molar-refractivity contribution is 5.95. The van der Waals surface area contributed by atoms with E-state index < -0.39 is 5.97 Å². The molecule has 0 saturated carbocycles. The van der Waals surface area contributed by atoms with Crippen LogP contribution in [0.1, 0.15) is 35.7 Å². The lowest BCUT2D eigenvalue weighted by molar-refractivity contribution is 0.0232. The number of rotatable bonds is 3. The van der Waals surface area contributed by atoms with Gasteiger partial charge in [0.2, 0.25) is 0 Å². The van der Waals surface area contributed by atoms with E-state index in [9.17, 15) is 9.90 Å². The second-order valence-electron chi connectivity index (χ2n) is 4.20. The molecule has 4 nitrogen and oxygen atoms in total. The van der Waals surface area contributed by atoms with Crippen LogP contribution in [0.2, 0.25) is 0 Å². The molecule has 0 aromatic heterocycles. The molecule has 1 aliphatic rings. The van der Waals surface area contributed by atoms with Crippen molar-refractivity contribution < 1.29 is 19.4 Å². The van der Waals surface area contributed by atoms with Gasteiger partial charge in [0.05, 0.1) is 7.11 Å². The largest absolute Gasteiger partial charge is 0.507 e. The van der Waals surface area contributed by atoms with Crippen molar-refractivity contribution in [3.8, 4) is 11.5 Å². The Labute approximate surface area is 100 Å². The fourth-order valence-electron chi connectivity index (χ4n) is 2.15. The molecule has 1 atom stereocenters. The molecule has 1 heterocycles. The molecule has 1 aromatic rings.